The number of hydrogen-bond acceptors (Lipinski definition) is 5. The van der Waals surface area contributed by atoms with Crippen LogP contribution in [0.5, 0.6) is 0 Å². The zero-order valence-corrected chi connectivity index (χ0v) is 10.5. The number of amides is 1. The molecule has 7 nitrogen and oxygen atoms in total. The predicted molar refractivity (Wildman–Crippen MR) is 66.7 cm³/mol. The molecule has 19 heavy (non-hydrogen) atoms. The van der Waals surface area contributed by atoms with E-state index in [1.54, 1.807) is 24.3 Å². The molecule has 2 rings (SSSR count). The number of rotatable bonds is 4. The van der Waals surface area contributed by atoms with Crippen molar-refractivity contribution in [3.05, 3.63) is 29.8 Å². The first kappa shape index (κ1) is 13.6. The molecule has 1 aromatic rings. The van der Waals surface area contributed by atoms with Gasteiger partial charge in [0.1, 0.15) is 5.69 Å². The van der Waals surface area contributed by atoms with E-state index in [4.69, 9.17) is 10.4 Å². The average Bonchev–Trinajstić information content (AvgIpc) is 3.13. The normalized spacial score (nSPS) is 24.7. The number of hydrogen-bond donors (Lipinski definition) is 3. The second kappa shape index (κ2) is 5.04. The Labute approximate surface area is 109 Å². The number of ether oxygens (including phenoxy) is 1. The Morgan fingerprint density at radius 1 is 1.68 bits per heavy atom. The molecule has 1 amide bonds. The van der Waals surface area contributed by atoms with Crippen LogP contribution in [0.1, 0.15) is 12.0 Å². The number of aliphatic hydroxyl groups is 1. The topological polar surface area (TPSA) is 105 Å². The number of alkyl carbamates (subject to hydrolysis) is 1. The molecule has 1 aliphatic rings. The summed E-state index contributed by atoms with van der Waals surface area (Å²) in [5.41, 5.74) is 0.321. The van der Waals surface area contributed by atoms with Gasteiger partial charge in [0.05, 0.1) is 12.6 Å². The molecule has 2 atom stereocenters. The molecule has 104 valence electrons. The SMILES string of the molecule is COC(=O)N[C@@]1(c2cccc(N(O)[OH2+])c2)C[C@H]1CO. The quantitative estimate of drug-likeness (QED) is 0.530. The molecule has 1 saturated carbocycles. The van der Waals surface area contributed by atoms with Crippen molar-refractivity contribution >= 4 is 11.8 Å². The van der Waals surface area contributed by atoms with Gasteiger partial charge in [-0.2, -0.15) is 0 Å². The number of nitrogens with zero attached hydrogens (tertiary/aromatic N) is 1. The van der Waals surface area contributed by atoms with Crippen molar-refractivity contribution in [3.63, 3.8) is 0 Å². The Hall–Kier alpha value is -1.83. The molecule has 7 heteroatoms. The van der Waals surface area contributed by atoms with E-state index in [-0.39, 0.29) is 23.4 Å². The van der Waals surface area contributed by atoms with Crippen molar-refractivity contribution in [2.24, 2.45) is 5.92 Å². The third-order valence-electron chi connectivity index (χ3n) is 3.44. The molecule has 1 aromatic carbocycles. The highest BCUT2D eigenvalue weighted by atomic mass is 16.8. The fraction of sp³-hybridized carbons (Fsp3) is 0.417. The highest BCUT2D eigenvalue weighted by Crippen LogP contribution is 2.52. The van der Waals surface area contributed by atoms with Gasteiger partial charge in [0.15, 0.2) is 0 Å². The number of carbonyl (C=O) groups is 1. The molecular weight excluding hydrogens is 252 g/mol. The minimum Gasteiger partial charge on any atom is -0.453 e. The van der Waals surface area contributed by atoms with Crippen LogP contribution in [-0.4, -0.2) is 35.3 Å². The lowest BCUT2D eigenvalue weighted by atomic mass is 10.0. The molecule has 0 radical (unpaired) electrons. The predicted octanol–water partition coefficient (Wildman–Crippen LogP) is 0.0853. The number of carbonyl (C=O) groups excluding carboxylic acids is 1. The molecule has 0 saturated heterocycles. The largest absolute Gasteiger partial charge is 0.453 e. The van der Waals surface area contributed by atoms with Crippen LogP contribution < -0.4 is 10.5 Å². The van der Waals surface area contributed by atoms with Crippen LogP contribution in [0.25, 0.3) is 0 Å². The second-order valence-electron chi connectivity index (χ2n) is 4.53. The van der Waals surface area contributed by atoms with Gasteiger partial charge in [0.2, 0.25) is 0 Å². The van der Waals surface area contributed by atoms with Gasteiger partial charge in [0.25, 0.3) is 0 Å². The van der Waals surface area contributed by atoms with Crippen LogP contribution in [0.3, 0.4) is 0 Å². The third-order valence-corrected chi connectivity index (χ3v) is 3.44. The van der Waals surface area contributed by atoms with Crippen molar-refractivity contribution in [1.82, 2.24) is 5.32 Å². The molecule has 1 aliphatic carbocycles. The van der Waals surface area contributed by atoms with Crippen LogP contribution in [0, 0.1) is 5.92 Å². The first-order valence-corrected chi connectivity index (χ1v) is 5.81. The summed E-state index contributed by atoms with van der Waals surface area (Å²) in [5, 5.41) is 28.5. The van der Waals surface area contributed by atoms with E-state index in [0.717, 1.165) is 5.56 Å². The van der Waals surface area contributed by atoms with Crippen LogP contribution in [0.15, 0.2) is 24.3 Å². The highest BCUT2D eigenvalue weighted by molar-refractivity contribution is 5.70. The summed E-state index contributed by atoms with van der Waals surface area (Å²) >= 11 is 0. The number of methoxy groups -OCH3 is 1. The number of anilines is 1. The lowest BCUT2D eigenvalue weighted by molar-refractivity contribution is 0.0291. The van der Waals surface area contributed by atoms with Gasteiger partial charge < -0.3 is 15.2 Å². The van der Waals surface area contributed by atoms with Crippen molar-refractivity contribution in [3.8, 4) is 0 Å². The summed E-state index contributed by atoms with van der Waals surface area (Å²) in [7, 11) is 1.27. The summed E-state index contributed by atoms with van der Waals surface area (Å²) in [6.07, 6.45) is 0.0129. The molecule has 0 aromatic heterocycles. The van der Waals surface area contributed by atoms with Gasteiger partial charge in [-0.3, -0.25) is 5.21 Å². The molecule has 0 aliphatic heterocycles. The van der Waals surface area contributed by atoms with E-state index in [9.17, 15) is 9.90 Å². The van der Waals surface area contributed by atoms with Crippen LogP contribution in [-0.2, 0) is 10.3 Å². The molecule has 0 spiro atoms. The van der Waals surface area contributed by atoms with Crippen LogP contribution >= 0.6 is 0 Å². The van der Waals surface area contributed by atoms with Gasteiger partial charge in [-0.25, -0.2) is 10.0 Å². The van der Waals surface area contributed by atoms with E-state index in [0.29, 0.717) is 6.42 Å². The van der Waals surface area contributed by atoms with E-state index >= 15 is 0 Å². The zero-order valence-electron chi connectivity index (χ0n) is 10.5. The maximum absolute atomic E-state index is 11.4. The number of nitrogens with one attached hydrogen (secondary N) is 1. The Morgan fingerprint density at radius 3 is 2.95 bits per heavy atom. The van der Waals surface area contributed by atoms with E-state index in [1.807, 2.05) is 0 Å². The summed E-state index contributed by atoms with van der Waals surface area (Å²) in [5.74, 6) is -0.0975. The molecule has 1 fully saturated rings. The third kappa shape index (κ3) is 2.48. The Balaban J connectivity index is 2.30. The Kier molecular flexibility index (Phi) is 3.61. The zero-order chi connectivity index (χ0) is 14.0. The van der Waals surface area contributed by atoms with E-state index in [1.165, 1.54) is 7.11 Å². The molecule has 5 N–H and O–H groups in total. The fourth-order valence-electron chi connectivity index (χ4n) is 2.28. The minimum absolute atomic E-state index is 0.0576. The standard InChI is InChI=1S/C12H16N2O5/c1-19-11(16)13-12(6-9(12)7-15)8-3-2-4-10(5-8)14(17)18/h2-5,9,15,17-18H,6-7H2,1H3,(H,13,16)/p+1/t9-,12+/m0/s1. The number of benzene rings is 1. The fourth-order valence-corrected chi connectivity index (χ4v) is 2.28. The maximum atomic E-state index is 11.4. The summed E-state index contributed by atoms with van der Waals surface area (Å²) < 4.78 is 4.59. The average molecular weight is 269 g/mol. The highest BCUT2D eigenvalue weighted by Gasteiger charge is 2.56. The summed E-state index contributed by atoms with van der Waals surface area (Å²) in [6.45, 7) is -0.0576. The van der Waals surface area contributed by atoms with Gasteiger partial charge >= 0.3 is 6.09 Å². The van der Waals surface area contributed by atoms with Gasteiger partial charge in [0, 0.05) is 12.5 Å². The van der Waals surface area contributed by atoms with Crippen LogP contribution in [0.4, 0.5) is 10.5 Å². The first-order valence-electron chi connectivity index (χ1n) is 5.81. The molecule has 0 heterocycles. The lowest BCUT2D eigenvalue weighted by Crippen LogP contribution is -2.37. The van der Waals surface area contributed by atoms with E-state index < -0.39 is 11.6 Å². The summed E-state index contributed by atoms with van der Waals surface area (Å²) in [4.78, 5) is 11.4. The van der Waals surface area contributed by atoms with Crippen molar-refractivity contribution < 1.29 is 25.1 Å². The van der Waals surface area contributed by atoms with Crippen molar-refractivity contribution in [2.45, 2.75) is 12.0 Å². The van der Waals surface area contributed by atoms with Gasteiger partial charge in [-0.1, -0.05) is 12.1 Å². The maximum Gasteiger partial charge on any atom is 0.407 e. The Morgan fingerprint density at radius 2 is 2.42 bits per heavy atom. The second-order valence-corrected chi connectivity index (χ2v) is 4.53. The van der Waals surface area contributed by atoms with Crippen molar-refractivity contribution in [2.75, 3.05) is 18.9 Å². The Bertz CT molecular complexity index is 479. The first-order chi connectivity index (χ1) is 9.03. The molecule has 0 unspecified atom stereocenters. The lowest BCUT2D eigenvalue weighted by Gasteiger charge is -2.19. The van der Waals surface area contributed by atoms with Gasteiger partial charge in [-0.15, -0.1) is 0 Å². The van der Waals surface area contributed by atoms with Crippen LogP contribution in [0.2, 0.25) is 0 Å². The van der Waals surface area contributed by atoms with Crippen molar-refractivity contribution in [1.29, 1.82) is 0 Å². The smallest absolute Gasteiger partial charge is 0.407 e. The van der Waals surface area contributed by atoms with E-state index in [2.05, 4.69) is 10.1 Å². The van der Waals surface area contributed by atoms with Gasteiger partial charge in [-0.05, 0) is 29.3 Å². The minimum atomic E-state index is -0.687. The molecule has 0 bridgehead atoms. The number of aliphatic hydroxyl groups excluding tert-OH is 1. The molecular formula is C12H17N2O5+. The monoisotopic (exact) mass is 269 g/mol. The summed E-state index contributed by atoms with van der Waals surface area (Å²) in [6, 6.07) is 6.62.